The first kappa shape index (κ1) is 14.3. The minimum absolute atomic E-state index is 0.322. The van der Waals surface area contributed by atoms with Crippen molar-refractivity contribution in [2.24, 2.45) is 0 Å². The summed E-state index contributed by atoms with van der Waals surface area (Å²) >= 11 is 0. The Balaban J connectivity index is 1.94. The first-order chi connectivity index (χ1) is 9.17. The number of nitrogens with zero attached hydrogens (tertiary/aromatic N) is 2. The van der Waals surface area contributed by atoms with Crippen LogP contribution in [0.4, 0.5) is 5.82 Å². The van der Waals surface area contributed by atoms with E-state index in [2.05, 4.69) is 48.1 Å². The molecule has 19 heavy (non-hydrogen) atoms. The first-order valence-corrected chi connectivity index (χ1v) is 7.24. The van der Waals surface area contributed by atoms with Crippen LogP contribution in [0.1, 0.15) is 32.8 Å². The van der Waals surface area contributed by atoms with Crippen molar-refractivity contribution in [3.05, 3.63) is 23.9 Å². The van der Waals surface area contributed by atoms with E-state index in [9.17, 15) is 0 Å². The van der Waals surface area contributed by atoms with Crippen LogP contribution in [0.15, 0.2) is 18.3 Å². The predicted octanol–water partition coefficient (Wildman–Crippen LogP) is 2.51. The molecule has 2 rings (SSSR count). The number of aromatic nitrogens is 1. The van der Waals surface area contributed by atoms with Crippen molar-refractivity contribution < 1.29 is 4.74 Å². The summed E-state index contributed by atoms with van der Waals surface area (Å²) in [6, 6.07) is 4.25. The third-order valence-corrected chi connectivity index (χ3v) is 3.28. The van der Waals surface area contributed by atoms with E-state index >= 15 is 0 Å². The van der Waals surface area contributed by atoms with Gasteiger partial charge in [0.1, 0.15) is 5.82 Å². The van der Waals surface area contributed by atoms with Crippen LogP contribution in [0.2, 0.25) is 0 Å². The van der Waals surface area contributed by atoms with Crippen LogP contribution in [-0.2, 0) is 11.3 Å². The van der Waals surface area contributed by atoms with Gasteiger partial charge in [-0.05, 0) is 38.0 Å². The summed E-state index contributed by atoms with van der Waals surface area (Å²) in [5, 5.41) is 3.34. The Labute approximate surface area is 116 Å². The van der Waals surface area contributed by atoms with Gasteiger partial charge in [0, 0.05) is 32.4 Å². The molecule has 4 heteroatoms. The van der Waals surface area contributed by atoms with Crippen molar-refractivity contribution in [1.82, 2.24) is 9.88 Å². The van der Waals surface area contributed by atoms with Crippen molar-refractivity contribution in [2.75, 3.05) is 25.0 Å². The topological polar surface area (TPSA) is 37.4 Å². The van der Waals surface area contributed by atoms with Crippen LogP contribution >= 0.6 is 0 Å². The lowest BCUT2D eigenvalue weighted by Crippen LogP contribution is -2.44. The highest BCUT2D eigenvalue weighted by molar-refractivity contribution is 5.37. The van der Waals surface area contributed by atoms with E-state index in [1.165, 1.54) is 5.56 Å². The highest BCUT2D eigenvalue weighted by atomic mass is 16.5. The van der Waals surface area contributed by atoms with Gasteiger partial charge in [-0.2, -0.15) is 0 Å². The normalized spacial score (nSPS) is 24.4. The van der Waals surface area contributed by atoms with Gasteiger partial charge in [0.2, 0.25) is 0 Å². The zero-order chi connectivity index (χ0) is 13.7. The maximum Gasteiger partial charge on any atom is 0.126 e. The van der Waals surface area contributed by atoms with Crippen LogP contribution in [0, 0.1) is 0 Å². The van der Waals surface area contributed by atoms with Gasteiger partial charge < -0.3 is 10.1 Å². The van der Waals surface area contributed by atoms with Crippen LogP contribution in [0.25, 0.3) is 0 Å². The Hall–Kier alpha value is -1.13. The van der Waals surface area contributed by atoms with Gasteiger partial charge in [0.15, 0.2) is 0 Å². The lowest BCUT2D eigenvalue weighted by atomic mass is 10.2. The van der Waals surface area contributed by atoms with Crippen LogP contribution < -0.4 is 5.32 Å². The minimum atomic E-state index is 0.322. The first-order valence-electron chi connectivity index (χ1n) is 7.24. The highest BCUT2D eigenvalue weighted by Crippen LogP contribution is 2.15. The monoisotopic (exact) mass is 263 g/mol. The molecule has 1 fully saturated rings. The van der Waals surface area contributed by atoms with E-state index in [4.69, 9.17) is 4.74 Å². The molecule has 1 aromatic heterocycles. The fourth-order valence-corrected chi connectivity index (χ4v) is 2.59. The van der Waals surface area contributed by atoms with Crippen LogP contribution in [0.3, 0.4) is 0 Å². The Morgan fingerprint density at radius 3 is 2.79 bits per heavy atom. The van der Waals surface area contributed by atoms with E-state index in [1.54, 1.807) is 0 Å². The Morgan fingerprint density at radius 2 is 2.11 bits per heavy atom. The predicted molar refractivity (Wildman–Crippen MR) is 78.3 cm³/mol. The zero-order valence-corrected chi connectivity index (χ0v) is 12.2. The molecule has 2 unspecified atom stereocenters. The molecule has 1 aliphatic heterocycles. The largest absolute Gasteiger partial charge is 0.373 e. The Morgan fingerprint density at radius 1 is 1.37 bits per heavy atom. The molecule has 0 aliphatic carbocycles. The minimum Gasteiger partial charge on any atom is -0.373 e. The van der Waals surface area contributed by atoms with Gasteiger partial charge in [0.25, 0.3) is 0 Å². The molecule has 2 atom stereocenters. The molecule has 1 aromatic rings. The summed E-state index contributed by atoms with van der Waals surface area (Å²) in [5.41, 5.74) is 1.31. The van der Waals surface area contributed by atoms with Gasteiger partial charge >= 0.3 is 0 Å². The highest BCUT2D eigenvalue weighted by Gasteiger charge is 2.21. The molecule has 1 saturated heterocycles. The number of anilines is 1. The fraction of sp³-hybridized carbons (Fsp3) is 0.667. The Kier molecular flexibility index (Phi) is 5.16. The number of ether oxygens (including phenoxy) is 1. The van der Waals surface area contributed by atoms with E-state index in [-0.39, 0.29) is 0 Å². The molecule has 1 aliphatic rings. The van der Waals surface area contributed by atoms with Crippen LogP contribution in [0.5, 0.6) is 0 Å². The molecular weight excluding hydrogens is 238 g/mol. The maximum atomic E-state index is 5.76. The van der Waals surface area contributed by atoms with Crippen molar-refractivity contribution in [3.63, 3.8) is 0 Å². The van der Waals surface area contributed by atoms with Crippen LogP contribution in [-0.4, -0.2) is 41.7 Å². The lowest BCUT2D eigenvalue weighted by Gasteiger charge is -2.35. The molecule has 0 saturated carbocycles. The number of morpholine rings is 1. The molecular formula is C15H25N3O. The van der Waals surface area contributed by atoms with Gasteiger partial charge in [-0.15, -0.1) is 0 Å². The zero-order valence-electron chi connectivity index (χ0n) is 12.2. The maximum absolute atomic E-state index is 5.76. The smallest absolute Gasteiger partial charge is 0.126 e. The van der Waals surface area contributed by atoms with Crippen molar-refractivity contribution in [1.29, 1.82) is 0 Å². The molecule has 106 valence electrons. The molecule has 2 heterocycles. The quantitative estimate of drug-likeness (QED) is 0.885. The molecule has 0 spiro atoms. The van der Waals surface area contributed by atoms with Gasteiger partial charge in [0.05, 0.1) is 12.2 Å². The van der Waals surface area contributed by atoms with E-state index < -0.39 is 0 Å². The molecule has 0 bridgehead atoms. The van der Waals surface area contributed by atoms with Crippen molar-refractivity contribution >= 4 is 5.82 Å². The van der Waals surface area contributed by atoms with Gasteiger partial charge in [-0.3, -0.25) is 4.90 Å². The summed E-state index contributed by atoms with van der Waals surface area (Å²) < 4.78 is 5.76. The molecule has 1 N–H and O–H groups in total. The number of hydrogen-bond donors (Lipinski definition) is 1. The third-order valence-electron chi connectivity index (χ3n) is 3.28. The van der Waals surface area contributed by atoms with Gasteiger partial charge in [-0.1, -0.05) is 6.92 Å². The van der Waals surface area contributed by atoms with E-state index in [1.807, 2.05) is 6.20 Å². The van der Waals surface area contributed by atoms with Gasteiger partial charge in [-0.25, -0.2) is 4.98 Å². The second-order valence-corrected chi connectivity index (χ2v) is 5.43. The standard InChI is InChI=1S/C15H25N3O/c1-4-6-16-15-8-14(5-7-17-15)11-18-9-12(2)19-13(3)10-18/h5,7-8,12-13H,4,6,9-11H2,1-3H3,(H,16,17). The Bertz CT molecular complexity index is 387. The summed E-state index contributed by atoms with van der Waals surface area (Å²) in [7, 11) is 0. The summed E-state index contributed by atoms with van der Waals surface area (Å²) in [6.07, 6.45) is 3.65. The molecule has 0 radical (unpaired) electrons. The van der Waals surface area contributed by atoms with Crippen molar-refractivity contribution in [3.8, 4) is 0 Å². The number of nitrogens with one attached hydrogen (secondary N) is 1. The average Bonchev–Trinajstić information content (AvgIpc) is 2.35. The molecule has 0 aromatic carbocycles. The second kappa shape index (κ2) is 6.87. The summed E-state index contributed by atoms with van der Waals surface area (Å²) in [6.45, 7) is 10.4. The molecule has 0 amide bonds. The number of rotatable bonds is 5. The van der Waals surface area contributed by atoms with E-state index in [0.29, 0.717) is 12.2 Å². The lowest BCUT2D eigenvalue weighted by molar-refractivity contribution is -0.0704. The summed E-state index contributed by atoms with van der Waals surface area (Å²) in [4.78, 5) is 6.80. The summed E-state index contributed by atoms with van der Waals surface area (Å²) in [5.74, 6) is 0.980. The molecule has 4 nitrogen and oxygen atoms in total. The number of pyridine rings is 1. The van der Waals surface area contributed by atoms with Crippen molar-refractivity contribution in [2.45, 2.75) is 45.9 Å². The third kappa shape index (κ3) is 4.48. The second-order valence-electron chi connectivity index (χ2n) is 5.43. The average molecular weight is 263 g/mol. The number of hydrogen-bond acceptors (Lipinski definition) is 4. The van der Waals surface area contributed by atoms with E-state index in [0.717, 1.165) is 38.4 Å². The SMILES string of the molecule is CCCNc1cc(CN2CC(C)OC(C)C2)ccn1. The fourth-order valence-electron chi connectivity index (χ4n) is 2.59.